The molecule has 0 radical (unpaired) electrons. The molecule has 14 heavy (non-hydrogen) atoms. The smallest absolute Gasteiger partial charge is 0.249 e. The van der Waals surface area contributed by atoms with Crippen molar-refractivity contribution < 1.29 is 31.9 Å². The van der Waals surface area contributed by atoms with E-state index in [1.54, 1.807) is 0 Å². The largest absolute Gasteiger partial charge is 0.426 e. The van der Waals surface area contributed by atoms with Crippen molar-refractivity contribution in [1.82, 2.24) is 0 Å². The molecule has 0 unspecified atom stereocenters. The molecule has 0 aliphatic rings. The van der Waals surface area contributed by atoms with Crippen molar-refractivity contribution in [2.75, 3.05) is 0 Å². The van der Waals surface area contributed by atoms with E-state index in [4.69, 9.17) is 0 Å². The van der Waals surface area contributed by atoms with Crippen molar-refractivity contribution >= 4 is 12.9 Å². The molecular formula is C6H3F4O3P. The fourth-order valence-corrected chi connectivity index (χ4v) is 1.57. The van der Waals surface area contributed by atoms with E-state index in [-0.39, 0.29) is 0 Å². The average molecular weight is 230 g/mol. The Balaban J connectivity index is 3.32. The van der Waals surface area contributed by atoms with Gasteiger partial charge in [0.2, 0.25) is 0 Å². The fraction of sp³-hybridized carbons (Fsp3) is 0. The number of halogens is 4. The number of benzene rings is 1. The van der Waals surface area contributed by atoms with E-state index >= 15 is 0 Å². The van der Waals surface area contributed by atoms with Gasteiger partial charge in [0.1, 0.15) is 5.30 Å². The Morgan fingerprint density at radius 2 is 1.71 bits per heavy atom. The molecule has 0 N–H and O–H groups in total. The van der Waals surface area contributed by atoms with Crippen LogP contribution in [0.3, 0.4) is 0 Å². The Morgan fingerprint density at radius 1 is 1.14 bits per heavy atom. The number of hydrogen-bond donors (Lipinski definition) is 0. The molecule has 8 heteroatoms. The van der Waals surface area contributed by atoms with Gasteiger partial charge in [-0.15, -0.1) is 0 Å². The summed E-state index contributed by atoms with van der Waals surface area (Å²) in [5, 5.41) is -1.15. The van der Waals surface area contributed by atoms with Crippen LogP contribution in [0.1, 0.15) is 0 Å². The van der Waals surface area contributed by atoms with Crippen LogP contribution in [0.4, 0.5) is 17.8 Å². The molecule has 0 saturated heterocycles. The first-order valence-corrected chi connectivity index (χ1v) is 4.74. The highest BCUT2D eigenvalue weighted by atomic mass is 31.2. The summed E-state index contributed by atoms with van der Waals surface area (Å²) in [6.07, 6.45) is 0. The predicted molar refractivity (Wildman–Crippen MR) is 38.0 cm³/mol. The Kier molecular flexibility index (Phi) is 3.25. The van der Waals surface area contributed by atoms with Crippen LogP contribution < -0.4 is 5.30 Å². The third-order valence-corrected chi connectivity index (χ3v) is 2.71. The molecule has 3 nitrogen and oxygen atoms in total. The van der Waals surface area contributed by atoms with Crippen molar-refractivity contribution in [1.29, 1.82) is 0 Å². The molecule has 0 fully saturated rings. The van der Waals surface area contributed by atoms with Gasteiger partial charge >= 0.3 is 7.60 Å². The maximum Gasteiger partial charge on any atom is 0.426 e. The molecule has 0 aliphatic heterocycles. The molecule has 0 amide bonds. The first-order chi connectivity index (χ1) is 6.55. The van der Waals surface area contributed by atoms with E-state index in [9.17, 15) is 22.4 Å². The summed E-state index contributed by atoms with van der Waals surface area (Å²) in [7, 11) is -5.05. The second kappa shape index (κ2) is 4.08. The van der Waals surface area contributed by atoms with E-state index in [2.05, 4.69) is 9.46 Å². The summed E-state index contributed by atoms with van der Waals surface area (Å²) in [6.45, 7) is 0. The standard InChI is InChI=1S/C6H3F4O3P/c7-4-2-1-3-5(6(4)8)14(11,12-9)13-10/h1-3H. The molecule has 0 heterocycles. The zero-order valence-electron chi connectivity index (χ0n) is 6.42. The van der Waals surface area contributed by atoms with E-state index in [0.29, 0.717) is 12.1 Å². The zero-order chi connectivity index (χ0) is 10.8. The minimum absolute atomic E-state index is 0.679. The van der Waals surface area contributed by atoms with Gasteiger partial charge in [0.05, 0.1) is 0 Å². The SMILES string of the molecule is O=P(OF)(OF)c1cccc(F)c1F. The van der Waals surface area contributed by atoms with Gasteiger partial charge in [-0.25, -0.2) is 13.3 Å². The summed E-state index contributed by atoms with van der Waals surface area (Å²) in [5.74, 6) is -3.11. The molecule has 1 aromatic rings. The summed E-state index contributed by atoms with van der Waals surface area (Å²) in [4.78, 5) is 0. The van der Waals surface area contributed by atoms with Gasteiger partial charge in [-0.3, -0.25) is 0 Å². The zero-order valence-corrected chi connectivity index (χ0v) is 7.31. The van der Waals surface area contributed by atoms with Crippen LogP contribution in [0.2, 0.25) is 0 Å². The van der Waals surface area contributed by atoms with Gasteiger partial charge in [0.15, 0.2) is 11.6 Å². The highest BCUT2D eigenvalue weighted by Crippen LogP contribution is 2.48. The van der Waals surface area contributed by atoms with E-state index in [0.717, 1.165) is 6.07 Å². The van der Waals surface area contributed by atoms with Crippen molar-refractivity contribution in [2.45, 2.75) is 0 Å². The second-order valence-electron chi connectivity index (χ2n) is 2.21. The van der Waals surface area contributed by atoms with Crippen LogP contribution in [0.15, 0.2) is 18.2 Å². The first-order valence-electron chi connectivity index (χ1n) is 3.20. The maximum atomic E-state index is 12.8. The summed E-state index contributed by atoms with van der Waals surface area (Å²) < 4.78 is 64.9. The highest BCUT2D eigenvalue weighted by molar-refractivity contribution is 7.61. The van der Waals surface area contributed by atoms with Gasteiger partial charge in [-0.2, -0.15) is 0 Å². The van der Waals surface area contributed by atoms with Gasteiger partial charge < -0.3 is 0 Å². The van der Waals surface area contributed by atoms with Gasteiger partial charge in [0, 0.05) is 0 Å². The van der Waals surface area contributed by atoms with Crippen molar-refractivity contribution in [3.63, 3.8) is 0 Å². The molecule has 1 rings (SSSR count). The molecule has 0 saturated carbocycles. The van der Waals surface area contributed by atoms with Crippen molar-refractivity contribution in [3.05, 3.63) is 29.8 Å². The van der Waals surface area contributed by atoms with Crippen LogP contribution in [0.25, 0.3) is 0 Å². The second-order valence-corrected chi connectivity index (χ2v) is 3.96. The van der Waals surface area contributed by atoms with E-state index in [1.165, 1.54) is 0 Å². The van der Waals surface area contributed by atoms with E-state index in [1.807, 2.05) is 0 Å². The van der Waals surface area contributed by atoms with Crippen LogP contribution >= 0.6 is 7.60 Å². The van der Waals surface area contributed by atoms with Crippen LogP contribution in [-0.2, 0) is 14.0 Å². The lowest BCUT2D eigenvalue weighted by Crippen LogP contribution is -2.12. The Bertz CT molecular complexity index is 375. The Labute approximate surface area is 75.6 Å². The van der Waals surface area contributed by atoms with Crippen LogP contribution in [-0.4, -0.2) is 0 Å². The fourth-order valence-electron chi connectivity index (χ4n) is 0.789. The lowest BCUT2D eigenvalue weighted by molar-refractivity contribution is -0.0830. The number of hydrogen-bond acceptors (Lipinski definition) is 3. The molecule has 0 aromatic heterocycles. The summed E-state index contributed by atoms with van der Waals surface area (Å²) >= 11 is 0. The van der Waals surface area contributed by atoms with Gasteiger partial charge in [-0.05, 0) is 21.2 Å². The Morgan fingerprint density at radius 3 is 2.21 bits per heavy atom. The predicted octanol–water partition coefficient (Wildman–Crippen LogP) is 2.59. The average Bonchev–Trinajstić information content (AvgIpc) is 2.21. The molecule has 0 bridgehead atoms. The molecule has 1 aromatic carbocycles. The third-order valence-electron chi connectivity index (χ3n) is 1.41. The van der Waals surface area contributed by atoms with Gasteiger partial charge in [-0.1, -0.05) is 15.5 Å². The lowest BCUT2D eigenvalue weighted by atomic mass is 10.3. The topological polar surface area (TPSA) is 35.5 Å². The van der Waals surface area contributed by atoms with Crippen molar-refractivity contribution in [3.8, 4) is 0 Å². The number of rotatable bonds is 3. The van der Waals surface area contributed by atoms with Gasteiger partial charge in [0.25, 0.3) is 0 Å². The quantitative estimate of drug-likeness (QED) is 0.591. The molecule has 0 atom stereocenters. The van der Waals surface area contributed by atoms with Crippen molar-refractivity contribution in [2.24, 2.45) is 0 Å². The van der Waals surface area contributed by atoms with Crippen LogP contribution in [0, 0.1) is 11.6 Å². The monoisotopic (exact) mass is 230 g/mol. The van der Waals surface area contributed by atoms with Crippen LogP contribution in [0.5, 0.6) is 0 Å². The lowest BCUT2D eigenvalue weighted by Gasteiger charge is -2.07. The molecule has 0 aliphatic carbocycles. The summed E-state index contributed by atoms with van der Waals surface area (Å²) in [5.41, 5.74) is 0. The molecular weight excluding hydrogens is 227 g/mol. The van der Waals surface area contributed by atoms with E-state index < -0.39 is 24.5 Å². The minimum atomic E-state index is -5.05. The molecule has 0 spiro atoms. The highest BCUT2D eigenvalue weighted by Gasteiger charge is 2.35. The summed E-state index contributed by atoms with van der Waals surface area (Å²) in [6, 6.07) is 2.26. The first kappa shape index (κ1) is 11.2. The third kappa shape index (κ3) is 1.79. The molecule has 78 valence electrons. The Hall–Kier alpha value is -0.910. The minimum Gasteiger partial charge on any atom is -0.249 e. The maximum absolute atomic E-state index is 12.8. The normalized spacial score (nSPS) is 11.7.